The number of fused-ring (bicyclic) bond motifs is 1. The highest BCUT2D eigenvalue weighted by Crippen LogP contribution is 2.35. The zero-order valence-corrected chi connectivity index (χ0v) is 15.0. The van der Waals surface area contributed by atoms with Gasteiger partial charge in [0.15, 0.2) is 5.13 Å². The van der Waals surface area contributed by atoms with Gasteiger partial charge in [0.1, 0.15) is 5.76 Å². The third kappa shape index (κ3) is 3.53. The van der Waals surface area contributed by atoms with Crippen LogP contribution in [0, 0.1) is 0 Å². The number of amides is 1. The zero-order valence-electron chi connectivity index (χ0n) is 13.3. The first-order valence-corrected chi connectivity index (χ1v) is 10.3. The third-order valence-corrected chi connectivity index (χ3v) is 7.52. The molecule has 2 aromatic rings. The summed E-state index contributed by atoms with van der Waals surface area (Å²) >= 11 is 1.33. The van der Waals surface area contributed by atoms with Crippen molar-refractivity contribution in [1.29, 1.82) is 0 Å². The van der Waals surface area contributed by atoms with Gasteiger partial charge in [-0.1, -0.05) is 0 Å². The van der Waals surface area contributed by atoms with Crippen molar-refractivity contribution in [2.24, 2.45) is 0 Å². The van der Waals surface area contributed by atoms with Crippen LogP contribution in [-0.4, -0.2) is 35.4 Å². The van der Waals surface area contributed by atoms with E-state index in [1.165, 1.54) is 23.7 Å². The predicted octanol–water partition coefficient (Wildman–Crippen LogP) is 2.24. The molecule has 7 nitrogen and oxygen atoms in total. The number of carbonyl (C=O) groups excluding carboxylic acids is 1. The lowest BCUT2D eigenvalue weighted by molar-refractivity contribution is -0.111. The van der Waals surface area contributed by atoms with Crippen LogP contribution in [0.15, 0.2) is 28.9 Å². The third-order valence-electron chi connectivity index (χ3n) is 4.17. The number of hydrogen-bond acceptors (Lipinski definition) is 6. The van der Waals surface area contributed by atoms with Gasteiger partial charge in [0, 0.05) is 30.5 Å². The molecule has 1 aliphatic carbocycles. The summed E-state index contributed by atoms with van der Waals surface area (Å²) in [5.74, 6) is 0.291. The molecule has 2 aromatic heterocycles. The highest BCUT2D eigenvalue weighted by Gasteiger charge is 2.41. The molecule has 0 radical (unpaired) electrons. The number of rotatable bonds is 5. The molecule has 1 aliphatic heterocycles. The van der Waals surface area contributed by atoms with Gasteiger partial charge < -0.3 is 4.42 Å². The molecular weight excluding hydrogens is 362 g/mol. The number of thiazole rings is 1. The van der Waals surface area contributed by atoms with Gasteiger partial charge in [-0.05, 0) is 31.1 Å². The quantitative estimate of drug-likeness (QED) is 0.804. The molecule has 0 aromatic carbocycles. The van der Waals surface area contributed by atoms with Gasteiger partial charge in [-0.15, -0.1) is 11.3 Å². The van der Waals surface area contributed by atoms with Crippen LogP contribution in [0.4, 0.5) is 5.13 Å². The monoisotopic (exact) mass is 379 g/mol. The molecule has 0 atom stereocenters. The molecule has 9 heteroatoms. The van der Waals surface area contributed by atoms with Crippen molar-refractivity contribution in [2.75, 3.05) is 11.9 Å². The van der Waals surface area contributed by atoms with E-state index in [1.54, 1.807) is 22.5 Å². The SMILES string of the molecule is O=C(/C=C/c1ccco1)Nc1nc2c(s1)CN(S(=O)(=O)C1CC1)CC2. The van der Waals surface area contributed by atoms with Crippen molar-refractivity contribution in [1.82, 2.24) is 9.29 Å². The number of anilines is 1. The van der Waals surface area contributed by atoms with Gasteiger partial charge in [-0.2, -0.15) is 4.31 Å². The molecular formula is C16H17N3O4S2. The van der Waals surface area contributed by atoms with E-state index in [-0.39, 0.29) is 11.2 Å². The van der Waals surface area contributed by atoms with E-state index in [4.69, 9.17) is 4.42 Å². The lowest BCUT2D eigenvalue weighted by atomic mass is 10.2. The number of nitrogens with zero attached hydrogens (tertiary/aromatic N) is 2. The Balaban J connectivity index is 1.42. The van der Waals surface area contributed by atoms with E-state index in [2.05, 4.69) is 10.3 Å². The standard InChI is InChI=1S/C16H17N3O4S2/c20-15(6-3-11-2-1-9-23-11)18-16-17-13-7-8-19(10-14(13)24-16)25(21,22)12-4-5-12/h1-3,6,9,12H,4-5,7-8,10H2,(H,17,18,20)/b6-3+. The maximum atomic E-state index is 12.4. The summed E-state index contributed by atoms with van der Waals surface area (Å²) in [6, 6.07) is 3.49. The van der Waals surface area contributed by atoms with E-state index in [0.29, 0.717) is 30.4 Å². The van der Waals surface area contributed by atoms with Crippen LogP contribution in [0.2, 0.25) is 0 Å². The molecule has 3 heterocycles. The number of carbonyl (C=O) groups is 1. The van der Waals surface area contributed by atoms with Gasteiger partial charge in [-0.25, -0.2) is 13.4 Å². The first-order valence-electron chi connectivity index (χ1n) is 8.02. The van der Waals surface area contributed by atoms with Crippen LogP contribution in [0.1, 0.15) is 29.2 Å². The van der Waals surface area contributed by atoms with Crippen molar-refractivity contribution in [3.8, 4) is 0 Å². The van der Waals surface area contributed by atoms with E-state index in [0.717, 1.165) is 23.4 Å². The maximum Gasteiger partial charge on any atom is 0.250 e. The Morgan fingerprint density at radius 3 is 3.00 bits per heavy atom. The van der Waals surface area contributed by atoms with E-state index in [1.807, 2.05) is 0 Å². The molecule has 132 valence electrons. The summed E-state index contributed by atoms with van der Waals surface area (Å²) in [6.45, 7) is 0.811. The number of aromatic nitrogens is 1. The fourth-order valence-electron chi connectivity index (χ4n) is 2.71. The molecule has 1 fully saturated rings. The van der Waals surface area contributed by atoms with Gasteiger partial charge in [0.05, 0.1) is 17.2 Å². The minimum Gasteiger partial charge on any atom is -0.465 e. The molecule has 2 aliphatic rings. The maximum absolute atomic E-state index is 12.4. The number of nitrogens with one attached hydrogen (secondary N) is 1. The van der Waals surface area contributed by atoms with Crippen LogP contribution < -0.4 is 5.32 Å². The minimum atomic E-state index is -3.18. The summed E-state index contributed by atoms with van der Waals surface area (Å²) in [7, 11) is -3.18. The van der Waals surface area contributed by atoms with Crippen LogP contribution in [0.5, 0.6) is 0 Å². The predicted molar refractivity (Wildman–Crippen MR) is 94.5 cm³/mol. The van der Waals surface area contributed by atoms with Crippen LogP contribution in [-0.2, 0) is 27.8 Å². The summed E-state index contributed by atoms with van der Waals surface area (Å²) in [4.78, 5) is 17.3. The second-order valence-corrected chi connectivity index (χ2v) is 9.35. The summed E-state index contributed by atoms with van der Waals surface area (Å²) < 4.78 is 31.4. The van der Waals surface area contributed by atoms with E-state index >= 15 is 0 Å². The molecule has 25 heavy (non-hydrogen) atoms. The van der Waals surface area contributed by atoms with Crippen molar-refractivity contribution in [3.63, 3.8) is 0 Å². The van der Waals surface area contributed by atoms with Crippen molar-refractivity contribution >= 4 is 38.5 Å². The first kappa shape index (κ1) is 16.5. The Morgan fingerprint density at radius 1 is 1.44 bits per heavy atom. The van der Waals surface area contributed by atoms with Gasteiger partial charge in [-0.3, -0.25) is 10.1 Å². The molecule has 1 saturated carbocycles. The highest BCUT2D eigenvalue weighted by molar-refractivity contribution is 7.90. The molecule has 0 bridgehead atoms. The zero-order chi connectivity index (χ0) is 17.4. The van der Waals surface area contributed by atoms with Crippen molar-refractivity contribution < 1.29 is 17.6 Å². The lowest BCUT2D eigenvalue weighted by Gasteiger charge is -2.25. The Hall–Kier alpha value is -1.97. The molecule has 1 N–H and O–H groups in total. The number of furan rings is 1. The molecule has 1 amide bonds. The van der Waals surface area contributed by atoms with E-state index in [9.17, 15) is 13.2 Å². The Kier molecular flexibility index (Phi) is 4.22. The van der Waals surface area contributed by atoms with Gasteiger partial charge in [0.2, 0.25) is 15.9 Å². The fourth-order valence-corrected chi connectivity index (χ4v) is 5.63. The largest absolute Gasteiger partial charge is 0.465 e. The Bertz CT molecular complexity index is 911. The highest BCUT2D eigenvalue weighted by atomic mass is 32.2. The Morgan fingerprint density at radius 2 is 2.28 bits per heavy atom. The molecule has 0 spiro atoms. The van der Waals surface area contributed by atoms with Crippen LogP contribution in [0.25, 0.3) is 6.08 Å². The molecule has 0 unspecified atom stereocenters. The average molecular weight is 379 g/mol. The fraction of sp³-hybridized carbons (Fsp3) is 0.375. The van der Waals surface area contributed by atoms with Gasteiger partial charge >= 0.3 is 0 Å². The molecule has 4 rings (SSSR count). The van der Waals surface area contributed by atoms with Crippen LogP contribution >= 0.6 is 11.3 Å². The molecule has 0 saturated heterocycles. The van der Waals surface area contributed by atoms with Crippen LogP contribution in [0.3, 0.4) is 0 Å². The van der Waals surface area contributed by atoms with E-state index < -0.39 is 10.0 Å². The van der Waals surface area contributed by atoms with Crippen molar-refractivity contribution in [2.45, 2.75) is 31.1 Å². The van der Waals surface area contributed by atoms with Gasteiger partial charge in [0.25, 0.3) is 0 Å². The minimum absolute atomic E-state index is 0.201. The summed E-state index contributed by atoms with van der Waals surface area (Å²) in [5, 5.41) is 3.01. The lowest BCUT2D eigenvalue weighted by Crippen LogP contribution is -2.37. The first-order chi connectivity index (χ1) is 12.0. The summed E-state index contributed by atoms with van der Waals surface area (Å²) in [5.41, 5.74) is 0.873. The average Bonchev–Trinajstić information content (AvgIpc) is 3.18. The Labute approximate surface area is 149 Å². The normalized spacial score (nSPS) is 18.4. The summed E-state index contributed by atoms with van der Waals surface area (Å²) in [6.07, 6.45) is 6.59. The second kappa shape index (κ2) is 6.40. The number of sulfonamides is 1. The van der Waals surface area contributed by atoms with Crippen molar-refractivity contribution in [3.05, 3.63) is 40.8 Å². The smallest absolute Gasteiger partial charge is 0.250 e. The topological polar surface area (TPSA) is 92.5 Å². The number of hydrogen-bond donors (Lipinski definition) is 1. The second-order valence-electron chi connectivity index (χ2n) is 6.05.